The molecule has 4 heteroatoms. The van der Waals surface area contributed by atoms with Crippen molar-refractivity contribution in [2.24, 2.45) is 5.73 Å². The maximum absolute atomic E-state index is 10.9. The fourth-order valence-electron chi connectivity index (χ4n) is 0.400. The standard InChI is InChI=1S/C5H13NO2S/c1-5(2)9(7,8)4-3-6/h5H,3-4,6H2,1-2H3. The third-order valence-electron chi connectivity index (χ3n) is 1.12. The Bertz CT molecular complexity index is 160. The van der Waals surface area contributed by atoms with E-state index in [4.69, 9.17) is 5.73 Å². The molecular formula is C5H13NO2S. The SMILES string of the molecule is CC(C)S(=O)(=O)CCN. The van der Waals surface area contributed by atoms with Crippen LogP contribution in [0.25, 0.3) is 0 Å². The highest BCUT2D eigenvalue weighted by Crippen LogP contribution is 1.97. The van der Waals surface area contributed by atoms with E-state index in [1.165, 1.54) is 0 Å². The van der Waals surface area contributed by atoms with Crippen molar-refractivity contribution in [3.63, 3.8) is 0 Å². The molecule has 0 aromatic rings. The van der Waals surface area contributed by atoms with Crippen LogP contribution in [0.3, 0.4) is 0 Å². The summed E-state index contributed by atoms with van der Waals surface area (Å²) in [6, 6.07) is 0. The Morgan fingerprint density at radius 1 is 1.44 bits per heavy atom. The highest BCUT2D eigenvalue weighted by atomic mass is 32.2. The predicted octanol–water partition coefficient (Wildman–Crippen LogP) is -0.232. The molecule has 0 heterocycles. The summed E-state index contributed by atoms with van der Waals surface area (Å²) in [6.07, 6.45) is 0. The summed E-state index contributed by atoms with van der Waals surface area (Å²) in [6.45, 7) is 3.54. The van der Waals surface area contributed by atoms with Gasteiger partial charge in [-0.15, -0.1) is 0 Å². The molecule has 0 atom stereocenters. The van der Waals surface area contributed by atoms with Gasteiger partial charge in [0, 0.05) is 6.54 Å². The second kappa shape index (κ2) is 3.17. The van der Waals surface area contributed by atoms with Gasteiger partial charge in [-0.2, -0.15) is 0 Å². The lowest BCUT2D eigenvalue weighted by molar-refractivity contribution is 0.587. The first kappa shape index (κ1) is 8.91. The second-order valence-corrected chi connectivity index (χ2v) is 4.88. The molecule has 2 N–H and O–H groups in total. The minimum Gasteiger partial charge on any atom is -0.329 e. The van der Waals surface area contributed by atoms with Gasteiger partial charge >= 0.3 is 0 Å². The van der Waals surface area contributed by atoms with Crippen molar-refractivity contribution in [2.45, 2.75) is 19.1 Å². The van der Waals surface area contributed by atoms with Gasteiger partial charge in [0.25, 0.3) is 0 Å². The van der Waals surface area contributed by atoms with Crippen molar-refractivity contribution in [1.29, 1.82) is 0 Å². The Hall–Kier alpha value is -0.0900. The molecular weight excluding hydrogens is 138 g/mol. The summed E-state index contributed by atoms with van der Waals surface area (Å²) in [5.41, 5.74) is 5.07. The van der Waals surface area contributed by atoms with Gasteiger partial charge in [-0.05, 0) is 13.8 Å². The van der Waals surface area contributed by atoms with E-state index in [1.807, 2.05) is 0 Å². The van der Waals surface area contributed by atoms with Crippen LogP contribution < -0.4 is 5.73 Å². The summed E-state index contributed by atoms with van der Waals surface area (Å²) in [5.74, 6) is 0.102. The Labute approximate surface area is 56.2 Å². The van der Waals surface area contributed by atoms with Crippen LogP contribution in [0.2, 0.25) is 0 Å². The fraction of sp³-hybridized carbons (Fsp3) is 1.00. The van der Waals surface area contributed by atoms with Crippen LogP contribution in [-0.4, -0.2) is 26.0 Å². The Kier molecular flexibility index (Phi) is 3.14. The summed E-state index contributed by atoms with van der Waals surface area (Å²) in [4.78, 5) is 0. The molecule has 0 bridgehead atoms. The van der Waals surface area contributed by atoms with Crippen LogP contribution in [-0.2, 0) is 9.84 Å². The van der Waals surface area contributed by atoms with Crippen molar-refractivity contribution in [2.75, 3.05) is 12.3 Å². The zero-order valence-electron chi connectivity index (χ0n) is 5.79. The Morgan fingerprint density at radius 3 is 2.00 bits per heavy atom. The molecule has 56 valence electrons. The lowest BCUT2D eigenvalue weighted by atomic mass is 10.6. The van der Waals surface area contributed by atoms with Crippen LogP contribution in [0.5, 0.6) is 0 Å². The average molecular weight is 151 g/mol. The first-order valence-corrected chi connectivity index (χ1v) is 4.64. The van der Waals surface area contributed by atoms with E-state index in [-0.39, 0.29) is 17.5 Å². The lowest BCUT2D eigenvalue weighted by Gasteiger charge is -2.03. The van der Waals surface area contributed by atoms with Crippen molar-refractivity contribution >= 4 is 9.84 Å². The van der Waals surface area contributed by atoms with E-state index in [9.17, 15) is 8.42 Å². The molecule has 0 amide bonds. The minimum absolute atomic E-state index is 0.102. The number of rotatable bonds is 3. The smallest absolute Gasteiger partial charge is 0.153 e. The van der Waals surface area contributed by atoms with Crippen molar-refractivity contribution in [3.05, 3.63) is 0 Å². The molecule has 0 aliphatic rings. The van der Waals surface area contributed by atoms with Gasteiger partial charge in [-0.3, -0.25) is 0 Å². The lowest BCUT2D eigenvalue weighted by Crippen LogP contribution is -2.22. The molecule has 0 unspecified atom stereocenters. The van der Waals surface area contributed by atoms with Gasteiger partial charge < -0.3 is 5.73 Å². The molecule has 0 saturated heterocycles. The fourth-order valence-corrected chi connectivity index (χ4v) is 1.20. The maximum atomic E-state index is 10.9. The van der Waals surface area contributed by atoms with E-state index in [2.05, 4.69) is 0 Å². The third-order valence-corrected chi connectivity index (χ3v) is 3.36. The van der Waals surface area contributed by atoms with Crippen LogP contribution in [0.15, 0.2) is 0 Å². The topological polar surface area (TPSA) is 60.2 Å². The summed E-state index contributed by atoms with van der Waals surface area (Å²) in [7, 11) is -2.87. The number of hydrogen-bond acceptors (Lipinski definition) is 3. The molecule has 0 aromatic heterocycles. The highest BCUT2D eigenvalue weighted by molar-refractivity contribution is 7.91. The monoisotopic (exact) mass is 151 g/mol. The van der Waals surface area contributed by atoms with Gasteiger partial charge in [0.1, 0.15) is 0 Å². The van der Waals surface area contributed by atoms with Gasteiger partial charge in [-0.25, -0.2) is 8.42 Å². The quantitative estimate of drug-likeness (QED) is 0.606. The first-order chi connectivity index (χ1) is 4.00. The van der Waals surface area contributed by atoms with Crippen molar-refractivity contribution in [3.8, 4) is 0 Å². The van der Waals surface area contributed by atoms with E-state index >= 15 is 0 Å². The maximum Gasteiger partial charge on any atom is 0.153 e. The summed E-state index contributed by atoms with van der Waals surface area (Å²) < 4.78 is 21.7. The van der Waals surface area contributed by atoms with Gasteiger partial charge in [-0.1, -0.05) is 0 Å². The van der Waals surface area contributed by atoms with Gasteiger partial charge in [0.05, 0.1) is 11.0 Å². The zero-order chi connectivity index (χ0) is 7.49. The van der Waals surface area contributed by atoms with Gasteiger partial charge in [0.15, 0.2) is 9.84 Å². The normalized spacial score (nSPS) is 12.4. The largest absolute Gasteiger partial charge is 0.329 e. The highest BCUT2D eigenvalue weighted by Gasteiger charge is 2.13. The van der Waals surface area contributed by atoms with Crippen LogP contribution >= 0.6 is 0 Å². The Morgan fingerprint density at radius 2 is 1.89 bits per heavy atom. The number of nitrogens with two attached hydrogens (primary N) is 1. The molecule has 0 spiro atoms. The summed E-state index contributed by atoms with van der Waals surface area (Å²) >= 11 is 0. The van der Waals surface area contributed by atoms with Crippen LogP contribution in [0.1, 0.15) is 13.8 Å². The van der Waals surface area contributed by atoms with Crippen LogP contribution in [0, 0.1) is 0 Å². The molecule has 0 saturated carbocycles. The van der Waals surface area contributed by atoms with Crippen molar-refractivity contribution in [1.82, 2.24) is 0 Å². The van der Waals surface area contributed by atoms with Crippen LogP contribution in [0.4, 0.5) is 0 Å². The predicted molar refractivity (Wildman–Crippen MR) is 38.0 cm³/mol. The van der Waals surface area contributed by atoms with E-state index in [1.54, 1.807) is 13.8 Å². The number of sulfone groups is 1. The summed E-state index contributed by atoms with van der Waals surface area (Å²) in [5, 5.41) is -0.291. The number of hydrogen-bond donors (Lipinski definition) is 1. The average Bonchev–Trinajstić information content (AvgIpc) is 1.65. The molecule has 0 aliphatic heterocycles. The molecule has 9 heavy (non-hydrogen) atoms. The first-order valence-electron chi connectivity index (χ1n) is 2.92. The minimum atomic E-state index is -2.87. The molecule has 3 nitrogen and oxygen atoms in total. The van der Waals surface area contributed by atoms with E-state index in [0.717, 1.165) is 0 Å². The van der Waals surface area contributed by atoms with E-state index in [0.29, 0.717) is 0 Å². The molecule has 0 radical (unpaired) electrons. The molecule has 0 aliphatic carbocycles. The van der Waals surface area contributed by atoms with Crippen molar-refractivity contribution < 1.29 is 8.42 Å². The zero-order valence-corrected chi connectivity index (χ0v) is 6.61. The van der Waals surface area contributed by atoms with Gasteiger partial charge in [0.2, 0.25) is 0 Å². The molecule has 0 rings (SSSR count). The van der Waals surface area contributed by atoms with E-state index < -0.39 is 9.84 Å². The third kappa shape index (κ3) is 2.81. The Balaban J connectivity index is 4.05. The molecule has 0 aromatic carbocycles. The molecule has 0 fully saturated rings. The second-order valence-electron chi connectivity index (χ2n) is 2.20.